The van der Waals surface area contributed by atoms with Crippen molar-refractivity contribution in [2.75, 3.05) is 0 Å². The second kappa shape index (κ2) is 3.76. The monoisotopic (exact) mass is 168 g/mol. The van der Waals surface area contributed by atoms with Crippen molar-refractivity contribution < 1.29 is 9.52 Å². The topological polar surface area (TPSA) is 33.4 Å². The van der Waals surface area contributed by atoms with Gasteiger partial charge in [-0.2, -0.15) is 0 Å². The first kappa shape index (κ1) is 9.33. The fourth-order valence-electron chi connectivity index (χ4n) is 1.28. The molecule has 0 fully saturated rings. The molecule has 1 atom stereocenters. The lowest BCUT2D eigenvalue weighted by Crippen LogP contribution is -2.08. The summed E-state index contributed by atoms with van der Waals surface area (Å²) < 4.78 is 5.35. The van der Waals surface area contributed by atoms with Gasteiger partial charge in [-0.25, -0.2) is 0 Å². The Labute approximate surface area is 73.2 Å². The highest BCUT2D eigenvalue weighted by Crippen LogP contribution is 2.16. The number of furan rings is 1. The minimum absolute atomic E-state index is 0.235. The minimum Gasteiger partial charge on any atom is -0.466 e. The predicted molar refractivity (Wildman–Crippen MR) is 48.2 cm³/mol. The van der Waals surface area contributed by atoms with Crippen molar-refractivity contribution in [1.29, 1.82) is 0 Å². The van der Waals surface area contributed by atoms with Gasteiger partial charge in [0.1, 0.15) is 11.5 Å². The van der Waals surface area contributed by atoms with E-state index in [1.807, 2.05) is 26.8 Å². The maximum Gasteiger partial charge on any atom is 0.104 e. The molecule has 0 saturated carbocycles. The van der Waals surface area contributed by atoms with Gasteiger partial charge in [-0.15, -0.1) is 0 Å². The molecule has 1 N–H and O–H groups in total. The van der Waals surface area contributed by atoms with E-state index >= 15 is 0 Å². The molecular formula is C10H16O2. The van der Waals surface area contributed by atoms with Gasteiger partial charge in [-0.1, -0.05) is 6.92 Å². The highest BCUT2D eigenvalue weighted by Gasteiger charge is 2.08. The van der Waals surface area contributed by atoms with Crippen LogP contribution >= 0.6 is 0 Å². The lowest BCUT2D eigenvalue weighted by molar-refractivity contribution is 0.170. The summed E-state index contributed by atoms with van der Waals surface area (Å²) in [4.78, 5) is 0. The molecule has 1 aromatic heterocycles. The summed E-state index contributed by atoms with van der Waals surface area (Å²) in [6.45, 7) is 5.84. The highest BCUT2D eigenvalue weighted by molar-refractivity contribution is 5.20. The van der Waals surface area contributed by atoms with Gasteiger partial charge in [-0.3, -0.25) is 0 Å². The fraction of sp³-hybridized carbons (Fsp3) is 0.600. The Kier molecular flexibility index (Phi) is 2.93. The molecule has 0 aliphatic heterocycles. The third-order valence-corrected chi connectivity index (χ3v) is 2.07. The van der Waals surface area contributed by atoms with Gasteiger partial charge < -0.3 is 9.52 Å². The molecular weight excluding hydrogens is 152 g/mol. The number of rotatable bonds is 3. The molecule has 0 spiro atoms. The number of aliphatic hydroxyl groups is 1. The summed E-state index contributed by atoms with van der Waals surface area (Å²) in [6.07, 6.45) is 1.27. The van der Waals surface area contributed by atoms with Crippen LogP contribution in [0.4, 0.5) is 0 Å². The second-order valence-corrected chi connectivity index (χ2v) is 3.20. The Morgan fingerprint density at radius 1 is 1.50 bits per heavy atom. The summed E-state index contributed by atoms with van der Waals surface area (Å²) >= 11 is 0. The normalized spacial score (nSPS) is 13.3. The highest BCUT2D eigenvalue weighted by atomic mass is 16.3. The maximum atomic E-state index is 9.40. The van der Waals surface area contributed by atoms with E-state index in [2.05, 4.69) is 0 Å². The van der Waals surface area contributed by atoms with Gasteiger partial charge in [0.15, 0.2) is 0 Å². The molecule has 1 heterocycles. The predicted octanol–water partition coefficient (Wildman–Crippen LogP) is 2.21. The first-order valence-corrected chi connectivity index (χ1v) is 4.37. The average Bonchev–Trinajstić information content (AvgIpc) is 2.30. The lowest BCUT2D eigenvalue weighted by atomic mass is 10.1. The molecule has 0 amide bonds. The summed E-state index contributed by atoms with van der Waals surface area (Å²) in [5.41, 5.74) is 1.13. The number of hydrogen-bond donors (Lipinski definition) is 1. The van der Waals surface area contributed by atoms with E-state index in [4.69, 9.17) is 4.42 Å². The van der Waals surface area contributed by atoms with Gasteiger partial charge in [-0.05, 0) is 31.9 Å². The first-order chi connectivity index (χ1) is 5.63. The van der Waals surface area contributed by atoms with E-state index < -0.39 is 0 Å². The molecule has 1 rings (SSSR count). The average molecular weight is 168 g/mol. The number of aliphatic hydroxyl groups excluding tert-OH is 1. The summed E-state index contributed by atoms with van der Waals surface area (Å²) in [6, 6.07) is 1.99. The third kappa shape index (κ3) is 2.11. The molecule has 0 bridgehead atoms. The van der Waals surface area contributed by atoms with Crippen LogP contribution in [0.25, 0.3) is 0 Å². The quantitative estimate of drug-likeness (QED) is 0.750. The van der Waals surface area contributed by atoms with E-state index in [0.717, 1.165) is 23.5 Å². The van der Waals surface area contributed by atoms with Crippen molar-refractivity contribution in [2.24, 2.45) is 0 Å². The summed E-state index contributed by atoms with van der Waals surface area (Å²) in [7, 11) is 0. The van der Waals surface area contributed by atoms with E-state index in [1.54, 1.807) is 0 Å². The van der Waals surface area contributed by atoms with Gasteiger partial charge in [0, 0.05) is 6.42 Å². The van der Waals surface area contributed by atoms with Gasteiger partial charge in [0.05, 0.1) is 6.10 Å². The van der Waals surface area contributed by atoms with Crippen LogP contribution in [0.3, 0.4) is 0 Å². The van der Waals surface area contributed by atoms with Crippen molar-refractivity contribution in [3.8, 4) is 0 Å². The Morgan fingerprint density at radius 3 is 2.58 bits per heavy atom. The molecule has 12 heavy (non-hydrogen) atoms. The molecule has 2 nitrogen and oxygen atoms in total. The van der Waals surface area contributed by atoms with E-state index in [-0.39, 0.29) is 6.10 Å². The van der Waals surface area contributed by atoms with E-state index in [0.29, 0.717) is 6.42 Å². The van der Waals surface area contributed by atoms with Crippen molar-refractivity contribution in [2.45, 2.75) is 39.7 Å². The second-order valence-electron chi connectivity index (χ2n) is 3.20. The standard InChI is InChI=1S/C10H16O2/c1-4-10(11)6-9-5-7(2)12-8(9)3/h5,10-11H,4,6H2,1-3H3. The van der Waals surface area contributed by atoms with E-state index in [9.17, 15) is 5.11 Å². The fourth-order valence-corrected chi connectivity index (χ4v) is 1.28. The van der Waals surface area contributed by atoms with Crippen molar-refractivity contribution in [1.82, 2.24) is 0 Å². The van der Waals surface area contributed by atoms with Crippen LogP contribution in [0.5, 0.6) is 0 Å². The zero-order valence-electron chi connectivity index (χ0n) is 7.92. The number of hydrogen-bond acceptors (Lipinski definition) is 2. The number of aryl methyl sites for hydroxylation is 2. The van der Waals surface area contributed by atoms with Crippen LogP contribution in [-0.4, -0.2) is 11.2 Å². The molecule has 68 valence electrons. The Bertz CT molecular complexity index is 250. The van der Waals surface area contributed by atoms with Crippen LogP contribution in [0.15, 0.2) is 10.5 Å². The van der Waals surface area contributed by atoms with Crippen LogP contribution in [-0.2, 0) is 6.42 Å². The molecule has 1 aromatic rings. The first-order valence-electron chi connectivity index (χ1n) is 4.37. The minimum atomic E-state index is -0.235. The summed E-state index contributed by atoms with van der Waals surface area (Å²) in [5.74, 6) is 1.85. The Morgan fingerprint density at radius 2 is 2.17 bits per heavy atom. The molecule has 0 aliphatic rings. The largest absolute Gasteiger partial charge is 0.466 e. The Hall–Kier alpha value is -0.760. The Balaban J connectivity index is 2.68. The zero-order chi connectivity index (χ0) is 9.14. The van der Waals surface area contributed by atoms with Crippen LogP contribution in [0.2, 0.25) is 0 Å². The van der Waals surface area contributed by atoms with Crippen molar-refractivity contribution in [3.05, 3.63) is 23.2 Å². The molecule has 0 saturated heterocycles. The van der Waals surface area contributed by atoms with Crippen molar-refractivity contribution in [3.63, 3.8) is 0 Å². The van der Waals surface area contributed by atoms with E-state index in [1.165, 1.54) is 0 Å². The van der Waals surface area contributed by atoms with Crippen LogP contribution in [0.1, 0.15) is 30.4 Å². The smallest absolute Gasteiger partial charge is 0.104 e. The molecule has 0 aliphatic carbocycles. The molecule has 2 heteroatoms. The molecule has 0 radical (unpaired) electrons. The van der Waals surface area contributed by atoms with Gasteiger partial charge >= 0.3 is 0 Å². The van der Waals surface area contributed by atoms with Gasteiger partial charge in [0.2, 0.25) is 0 Å². The SMILES string of the molecule is CCC(O)Cc1cc(C)oc1C. The molecule has 0 aromatic carbocycles. The lowest BCUT2D eigenvalue weighted by Gasteiger charge is -2.04. The third-order valence-electron chi connectivity index (χ3n) is 2.07. The zero-order valence-corrected chi connectivity index (χ0v) is 7.92. The van der Waals surface area contributed by atoms with Gasteiger partial charge in [0.25, 0.3) is 0 Å². The van der Waals surface area contributed by atoms with Crippen LogP contribution < -0.4 is 0 Å². The summed E-state index contributed by atoms with van der Waals surface area (Å²) in [5, 5.41) is 9.40. The van der Waals surface area contributed by atoms with Crippen LogP contribution in [0, 0.1) is 13.8 Å². The van der Waals surface area contributed by atoms with Crippen molar-refractivity contribution >= 4 is 0 Å². The molecule has 1 unspecified atom stereocenters. The maximum absolute atomic E-state index is 9.40.